The van der Waals surface area contributed by atoms with E-state index in [0.29, 0.717) is 17.8 Å². The van der Waals surface area contributed by atoms with E-state index in [1.807, 2.05) is 41.5 Å². The van der Waals surface area contributed by atoms with Crippen molar-refractivity contribution in [2.24, 2.45) is 5.73 Å². The molecule has 2 aliphatic rings. The van der Waals surface area contributed by atoms with Crippen molar-refractivity contribution >= 4 is 12.2 Å². The van der Waals surface area contributed by atoms with Gasteiger partial charge in [0.15, 0.2) is 0 Å². The zero-order chi connectivity index (χ0) is 18.0. The van der Waals surface area contributed by atoms with E-state index in [2.05, 4.69) is 0 Å². The van der Waals surface area contributed by atoms with Crippen LogP contribution in [0.2, 0.25) is 0 Å². The van der Waals surface area contributed by atoms with Gasteiger partial charge >= 0.3 is 12.2 Å². The van der Waals surface area contributed by atoms with Crippen LogP contribution >= 0.6 is 0 Å². The predicted octanol–water partition coefficient (Wildman–Crippen LogP) is 1.84. The molecule has 0 saturated heterocycles. The summed E-state index contributed by atoms with van der Waals surface area (Å²) in [6.45, 7) is 11.8. The lowest BCUT2D eigenvalue weighted by Gasteiger charge is -2.52. The third kappa shape index (κ3) is 1.91. The number of likely N-dealkylation sites (N-methyl/N-ethyl adjacent to an activating group) is 1. The van der Waals surface area contributed by atoms with Crippen molar-refractivity contribution in [3.05, 3.63) is 11.3 Å². The second kappa shape index (κ2) is 4.85. The van der Waals surface area contributed by atoms with Crippen LogP contribution in [0.5, 0.6) is 0 Å². The maximum absolute atomic E-state index is 12.3. The van der Waals surface area contributed by atoms with E-state index in [1.54, 1.807) is 5.01 Å². The molecule has 130 valence electrons. The second-order valence-electron chi connectivity index (χ2n) is 7.64. The fraction of sp³-hybridized carbons (Fsp3) is 0.733. The van der Waals surface area contributed by atoms with Gasteiger partial charge in [-0.1, -0.05) is 0 Å². The SMILES string of the molecule is CCN1C2=C(C[N+](C(=O)O)(C(C)(C)C)C2(C)C)C(N)N1C(=O)O. The molecular formula is C15H27N4O4+. The van der Waals surface area contributed by atoms with Gasteiger partial charge in [0.1, 0.15) is 29.5 Å². The molecule has 0 fully saturated rings. The number of hydrazine groups is 1. The largest absolute Gasteiger partial charge is 0.515 e. The Bertz CT molecular complexity index is 593. The van der Waals surface area contributed by atoms with Crippen LogP contribution in [0.3, 0.4) is 0 Å². The van der Waals surface area contributed by atoms with Crippen LogP contribution < -0.4 is 5.73 Å². The highest BCUT2D eigenvalue weighted by molar-refractivity contribution is 5.68. The highest BCUT2D eigenvalue weighted by Gasteiger charge is 2.68. The van der Waals surface area contributed by atoms with Crippen LogP contribution in [0.1, 0.15) is 41.5 Å². The summed E-state index contributed by atoms with van der Waals surface area (Å²) in [5, 5.41) is 22.2. The molecule has 0 aromatic carbocycles. The number of hydrogen-bond acceptors (Lipinski definition) is 4. The van der Waals surface area contributed by atoms with Crippen LogP contribution in [0.15, 0.2) is 11.3 Å². The third-order valence-corrected chi connectivity index (χ3v) is 5.35. The van der Waals surface area contributed by atoms with E-state index in [1.165, 1.54) is 0 Å². The van der Waals surface area contributed by atoms with Gasteiger partial charge in [-0.05, 0) is 41.5 Å². The van der Waals surface area contributed by atoms with Gasteiger partial charge in [0, 0.05) is 6.54 Å². The summed E-state index contributed by atoms with van der Waals surface area (Å²) in [5.74, 6) is 0. The molecule has 2 amide bonds. The van der Waals surface area contributed by atoms with E-state index in [0.717, 1.165) is 5.01 Å². The Morgan fingerprint density at radius 1 is 1.35 bits per heavy atom. The maximum Gasteiger partial charge on any atom is 0.515 e. The summed E-state index contributed by atoms with van der Waals surface area (Å²) >= 11 is 0. The van der Waals surface area contributed by atoms with E-state index in [4.69, 9.17) is 5.73 Å². The first-order chi connectivity index (χ1) is 10.3. The number of hydrogen-bond donors (Lipinski definition) is 3. The topological polar surface area (TPSA) is 107 Å². The van der Waals surface area contributed by atoms with Crippen LogP contribution in [0, 0.1) is 0 Å². The van der Waals surface area contributed by atoms with Gasteiger partial charge in [-0.3, -0.25) is 5.01 Å². The lowest BCUT2D eigenvalue weighted by atomic mass is 9.90. The molecule has 0 saturated carbocycles. The average Bonchev–Trinajstić information content (AvgIpc) is 2.79. The van der Waals surface area contributed by atoms with Crippen molar-refractivity contribution in [3.63, 3.8) is 0 Å². The summed E-state index contributed by atoms with van der Waals surface area (Å²) in [5.41, 5.74) is 6.18. The van der Waals surface area contributed by atoms with Crippen molar-refractivity contribution in [2.45, 2.75) is 58.8 Å². The van der Waals surface area contributed by atoms with Crippen LogP contribution in [0.4, 0.5) is 9.59 Å². The Labute approximate surface area is 136 Å². The Morgan fingerprint density at radius 3 is 2.22 bits per heavy atom. The molecule has 0 radical (unpaired) electrons. The maximum atomic E-state index is 12.3. The molecule has 0 aliphatic carbocycles. The van der Waals surface area contributed by atoms with Crippen molar-refractivity contribution in [1.29, 1.82) is 0 Å². The summed E-state index contributed by atoms with van der Waals surface area (Å²) < 4.78 is -0.206. The molecule has 0 bridgehead atoms. The number of quaternary nitrogens is 1. The van der Waals surface area contributed by atoms with E-state index >= 15 is 0 Å². The molecule has 0 aromatic heterocycles. The van der Waals surface area contributed by atoms with E-state index in [-0.39, 0.29) is 11.0 Å². The minimum atomic E-state index is -1.13. The van der Waals surface area contributed by atoms with Gasteiger partial charge in [0.05, 0.1) is 5.57 Å². The Balaban J connectivity index is 2.65. The number of carbonyl (C=O) groups is 2. The monoisotopic (exact) mass is 327 g/mol. The lowest BCUT2D eigenvalue weighted by Crippen LogP contribution is -2.73. The molecule has 4 N–H and O–H groups in total. The molecule has 2 unspecified atom stereocenters. The van der Waals surface area contributed by atoms with Crippen molar-refractivity contribution in [2.75, 3.05) is 13.1 Å². The fourth-order valence-electron chi connectivity index (χ4n) is 4.42. The first-order valence-corrected chi connectivity index (χ1v) is 7.75. The zero-order valence-corrected chi connectivity index (χ0v) is 14.6. The van der Waals surface area contributed by atoms with Gasteiger partial charge in [-0.15, -0.1) is 0 Å². The Kier molecular flexibility index (Phi) is 3.70. The summed E-state index contributed by atoms with van der Waals surface area (Å²) in [6.07, 6.45) is -2.90. The molecule has 23 heavy (non-hydrogen) atoms. The van der Waals surface area contributed by atoms with Crippen molar-refractivity contribution < 1.29 is 24.3 Å². The molecular weight excluding hydrogens is 300 g/mol. The third-order valence-electron chi connectivity index (χ3n) is 5.35. The minimum absolute atomic E-state index is 0.197. The molecule has 2 rings (SSSR count). The number of rotatable bonds is 1. The van der Waals surface area contributed by atoms with E-state index in [9.17, 15) is 19.8 Å². The molecule has 8 nitrogen and oxygen atoms in total. The highest BCUT2D eigenvalue weighted by Crippen LogP contribution is 2.52. The fourth-order valence-corrected chi connectivity index (χ4v) is 4.42. The zero-order valence-electron chi connectivity index (χ0n) is 14.6. The molecule has 8 heteroatoms. The van der Waals surface area contributed by atoms with Gasteiger partial charge in [-0.25, -0.2) is 9.28 Å². The summed E-state index contributed by atoms with van der Waals surface area (Å²) in [4.78, 5) is 23.9. The lowest BCUT2D eigenvalue weighted by molar-refractivity contribution is -0.933. The molecule has 2 heterocycles. The smallest absolute Gasteiger partial charge is 0.464 e. The Hall–Kier alpha value is -1.80. The summed E-state index contributed by atoms with van der Waals surface area (Å²) in [7, 11) is 0. The second-order valence-corrected chi connectivity index (χ2v) is 7.64. The van der Waals surface area contributed by atoms with Crippen LogP contribution in [-0.4, -0.2) is 67.2 Å². The van der Waals surface area contributed by atoms with Crippen LogP contribution in [-0.2, 0) is 0 Å². The number of carboxylic acid groups (broad SMARTS) is 2. The average molecular weight is 327 g/mol. The van der Waals surface area contributed by atoms with E-state index < -0.39 is 29.4 Å². The molecule has 2 atom stereocenters. The minimum Gasteiger partial charge on any atom is -0.464 e. The first-order valence-electron chi connectivity index (χ1n) is 7.75. The van der Waals surface area contributed by atoms with Crippen LogP contribution in [0.25, 0.3) is 0 Å². The van der Waals surface area contributed by atoms with Crippen molar-refractivity contribution in [1.82, 2.24) is 10.0 Å². The highest BCUT2D eigenvalue weighted by atomic mass is 16.4. The molecule has 0 spiro atoms. The first kappa shape index (κ1) is 17.6. The van der Waals surface area contributed by atoms with Crippen molar-refractivity contribution in [3.8, 4) is 0 Å². The predicted molar refractivity (Wildman–Crippen MR) is 84.2 cm³/mol. The summed E-state index contributed by atoms with van der Waals surface area (Å²) in [6, 6.07) is 0. The standard InChI is InChI=1S/C15H26N4O4/c1-7-17-10-9(11(16)18(17)12(20)21)8-19(13(22)23,14(2,3)4)15(10,5)6/h11H,7-8,16H2,1-6H3,(H-,20,21,22,23)/p+1. The number of nitrogens with two attached hydrogens (primary N) is 1. The molecule has 2 aliphatic heterocycles. The number of nitrogens with zero attached hydrogens (tertiary/aromatic N) is 3. The van der Waals surface area contributed by atoms with Gasteiger partial charge in [0.25, 0.3) is 0 Å². The van der Waals surface area contributed by atoms with Gasteiger partial charge in [0.2, 0.25) is 0 Å². The van der Waals surface area contributed by atoms with Gasteiger partial charge in [-0.2, -0.15) is 9.80 Å². The van der Waals surface area contributed by atoms with Gasteiger partial charge < -0.3 is 15.9 Å². The Morgan fingerprint density at radius 2 is 1.87 bits per heavy atom. The quantitative estimate of drug-likeness (QED) is 0.634. The molecule has 0 aromatic rings. The number of amides is 2. The normalized spacial score (nSPS) is 30.0.